The summed E-state index contributed by atoms with van der Waals surface area (Å²) in [7, 11) is 0. The smallest absolute Gasteiger partial charge is 0.126 e. The van der Waals surface area contributed by atoms with Crippen molar-refractivity contribution in [3.63, 3.8) is 0 Å². The minimum Gasteiger partial charge on any atom is -0.508 e. The van der Waals surface area contributed by atoms with Crippen molar-refractivity contribution in [2.45, 2.75) is 38.9 Å². The summed E-state index contributed by atoms with van der Waals surface area (Å²) in [4.78, 5) is 5.07. The molecule has 0 saturated carbocycles. The van der Waals surface area contributed by atoms with Crippen molar-refractivity contribution in [2.75, 3.05) is 0 Å². The first-order valence-electron chi connectivity index (χ1n) is 9.91. The van der Waals surface area contributed by atoms with Gasteiger partial charge < -0.3 is 5.11 Å². The molecular formula is C25H26N2O. The zero-order valence-electron chi connectivity index (χ0n) is 16.4. The van der Waals surface area contributed by atoms with Gasteiger partial charge in [-0.2, -0.15) is 0 Å². The molecule has 1 heterocycles. The van der Waals surface area contributed by atoms with Crippen LogP contribution in [0.15, 0.2) is 77.8 Å². The zero-order valence-corrected chi connectivity index (χ0v) is 16.4. The van der Waals surface area contributed by atoms with E-state index in [4.69, 9.17) is 4.99 Å². The Kier molecular flexibility index (Phi) is 5.27. The topological polar surface area (TPSA) is 44.6 Å². The molecule has 0 aliphatic carbocycles. The van der Waals surface area contributed by atoms with Gasteiger partial charge in [0.05, 0.1) is 0 Å². The fraction of sp³-hybridized carbons (Fsp3) is 0.240. The molecule has 0 radical (unpaired) electrons. The molecule has 0 saturated heterocycles. The van der Waals surface area contributed by atoms with Crippen LogP contribution in [0.2, 0.25) is 0 Å². The highest BCUT2D eigenvalue weighted by atomic mass is 16.3. The number of phenols is 1. The Morgan fingerprint density at radius 2 is 1.61 bits per heavy atom. The molecule has 0 amide bonds. The maximum atomic E-state index is 10.4. The molecule has 0 fully saturated rings. The van der Waals surface area contributed by atoms with Crippen LogP contribution in [0, 0.1) is 6.92 Å². The van der Waals surface area contributed by atoms with E-state index >= 15 is 0 Å². The first kappa shape index (κ1) is 18.5. The van der Waals surface area contributed by atoms with E-state index < -0.39 is 0 Å². The van der Waals surface area contributed by atoms with Gasteiger partial charge in [-0.25, -0.2) is 0 Å². The highest BCUT2D eigenvalue weighted by Crippen LogP contribution is 2.35. The molecule has 3 aromatic rings. The molecule has 2 atom stereocenters. The van der Waals surface area contributed by atoms with Crippen LogP contribution in [-0.2, 0) is 6.42 Å². The van der Waals surface area contributed by atoms with Gasteiger partial charge in [-0.3, -0.25) is 10.3 Å². The summed E-state index contributed by atoms with van der Waals surface area (Å²) in [6.45, 7) is 4.28. The molecule has 4 rings (SSSR count). The lowest BCUT2D eigenvalue weighted by atomic mass is 9.92. The normalized spacial score (nSPS) is 19.3. The van der Waals surface area contributed by atoms with Crippen LogP contribution in [0.25, 0.3) is 0 Å². The third kappa shape index (κ3) is 3.71. The predicted octanol–water partition coefficient (Wildman–Crippen LogP) is 5.49. The number of rotatable bonds is 4. The number of phenolic OH excluding ortho intramolecular Hbond substituents is 1. The Morgan fingerprint density at radius 1 is 0.929 bits per heavy atom. The number of aryl methyl sites for hydroxylation is 2. The molecule has 3 nitrogen and oxygen atoms in total. The van der Waals surface area contributed by atoms with Crippen LogP contribution in [-0.4, -0.2) is 10.8 Å². The van der Waals surface area contributed by atoms with Crippen molar-refractivity contribution < 1.29 is 5.11 Å². The second-order valence-corrected chi connectivity index (χ2v) is 7.37. The van der Waals surface area contributed by atoms with Gasteiger partial charge in [0, 0.05) is 23.7 Å². The average Bonchev–Trinajstić information content (AvgIpc) is 2.74. The van der Waals surface area contributed by atoms with Gasteiger partial charge in [-0.05, 0) is 41.7 Å². The van der Waals surface area contributed by atoms with E-state index in [1.54, 1.807) is 6.07 Å². The minimum absolute atomic E-state index is 0.00385. The van der Waals surface area contributed by atoms with E-state index in [1.807, 2.05) is 18.2 Å². The van der Waals surface area contributed by atoms with Crippen LogP contribution in [0.4, 0.5) is 0 Å². The first-order chi connectivity index (χ1) is 13.7. The van der Waals surface area contributed by atoms with Gasteiger partial charge >= 0.3 is 0 Å². The molecular weight excluding hydrogens is 344 g/mol. The van der Waals surface area contributed by atoms with Crippen molar-refractivity contribution in [1.29, 1.82) is 0 Å². The fourth-order valence-electron chi connectivity index (χ4n) is 3.85. The summed E-state index contributed by atoms with van der Waals surface area (Å²) in [5.41, 5.74) is 6.85. The second-order valence-electron chi connectivity index (χ2n) is 7.37. The Labute approximate surface area is 166 Å². The van der Waals surface area contributed by atoms with E-state index in [2.05, 4.69) is 67.7 Å². The van der Waals surface area contributed by atoms with Crippen LogP contribution in [0.5, 0.6) is 5.75 Å². The molecule has 2 N–H and O–H groups in total. The fourth-order valence-corrected chi connectivity index (χ4v) is 3.85. The molecule has 0 unspecified atom stereocenters. The summed E-state index contributed by atoms with van der Waals surface area (Å²) in [6.07, 6.45) is 1.63. The third-order valence-electron chi connectivity index (χ3n) is 5.53. The van der Waals surface area contributed by atoms with Gasteiger partial charge in [-0.15, -0.1) is 0 Å². The molecule has 28 heavy (non-hydrogen) atoms. The predicted molar refractivity (Wildman–Crippen MR) is 115 cm³/mol. The van der Waals surface area contributed by atoms with Crippen molar-refractivity contribution in [1.82, 2.24) is 5.32 Å². The van der Waals surface area contributed by atoms with Crippen LogP contribution in [0.1, 0.15) is 53.4 Å². The number of benzene rings is 3. The SMILES string of the molecule is CCc1ccc(C2=N[C@@H](c3ccccc3C)N[C@H](c3ccccc3O)C2)cc1. The van der Waals surface area contributed by atoms with Crippen molar-refractivity contribution in [2.24, 2.45) is 4.99 Å². The summed E-state index contributed by atoms with van der Waals surface area (Å²) in [5, 5.41) is 14.1. The lowest BCUT2D eigenvalue weighted by Crippen LogP contribution is -2.33. The summed E-state index contributed by atoms with van der Waals surface area (Å²) >= 11 is 0. The molecule has 3 aromatic carbocycles. The van der Waals surface area contributed by atoms with E-state index in [1.165, 1.54) is 16.7 Å². The lowest BCUT2D eigenvalue weighted by Gasteiger charge is -2.31. The number of aliphatic imine (C=N–C) groups is 1. The van der Waals surface area contributed by atoms with Gasteiger partial charge in [0.1, 0.15) is 11.9 Å². The molecule has 3 heteroatoms. The number of hydrogen-bond acceptors (Lipinski definition) is 3. The Morgan fingerprint density at radius 3 is 2.29 bits per heavy atom. The van der Waals surface area contributed by atoms with Gasteiger partial charge in [0.25, 0.3) is 0 Å². The summed E-state index contributed by atoms with van der Waals surface area (Å²) in [5.74, 6) is 0.325. The van der Waals surface area contributed by atoms with Crippen molar-refractivity contribution >= 4 is 5.71 Å². The van der Waals surface area contributed by atoms with E-state index in [0.29, 0.717) is 5.75 Å². The number of nitrogens with zero attached hydrogens (tertiary/aromatic N) is 1. The lowest BCUT2D eigenvalue weighted by molar-refractivity contribution is 0.412. The third-order valence-corrected chi connectivity index (χ3v) is 5.53. The van der Waals surface area contributed by atoms with Crippen LogP contribution >= 0.6 is 0 Å². The maximum absolute atomic E-state index is 10.4. The molecule has 142 valence electrons. The molecule has 0 bridgehead atoms. The molecule has 0 aromatic heterocycles. The Balaban J connectivity index is 1.76. The largest absolute Gasteiger partial charge is 0.508 e. The van der Waals surface area contributed by atoms with E-state index in [-0.39, 0.29) is 12.2 Å². The van der Waals surface area contributed by atoms with Gasteiger partial charge in [-0.1, -0.05) is 73.7 Å². The van der Waals surface area contributed by atoms with Crippen LogP contribution < -0.4 is 5.32 Å². The molecule has 0 spiro atoms. The van der Waals surface area contributed by atoms with Gasteiger partial charge in [0.15, 0.2) is 0 Å². The first-order valence-corrected chi connectivity index (χ1v) is 9.91. The highest BCUT2D eigenvalue weighted by molar-refractivity contribution is 6.01. The van der Waals surface area contributed by atoms with Crippen molar-refractivity contribution in [3.8, 4) is 5.75 Å². The van der Waals surface area contributed by atoms with Crippen molar-refractivity contribution in [3.05, 3.63) is 101 Å². The standard InChI is InChI=1S/C25H26N2O/c1-3-18-12-14-19(15-13-18)22-16-23(21-10-6-7-11-24(21)28)27-25(26-22)20-9-5-4-8-17(20)2/h4-15,23,25,27-28H,3,16H2,1-2H3/t23-,25+/m0/s1. The summed E-state index contributed by atoms with van der Waals surface area (Å²) in [6, 6.07) is 24.6. The number of nitrogens with one attached hydrogen (secondary N) is 1. The zero-order chi connectivity index (χ0) is 19.5. The maximum Gasteiger partial charge on any atom is 0.126 e. The Hall–Kier alpha value is -2.91. The molecule has 1 aliphatic rings. The monoisotopic (exact) mass is 370 g/mol. The molecule has 1 aliphatic heterocycles. The Bertz CT molecular complexity index is 991. The minimum atomic E-state index is -0.139. The van der Waals surface area contributed by atoms with E-state index in [9.17, 15) is 5.11 Å². The average molecular weight is 370 g/mol. The number of hydrogen-bond donors (Lipinski definition) is 2. The second kappa shape index (κ2) is 7.99. The van der Waals surface area contributed by atoms with E-state index in [0.717, 1.165) is 29.7 Å². The van der Waals surface area contributed by atoms with Crippen LogP contribution in [0.3, 0.4) is 0 Å². The number of para-hydroxylation sites is 1. The quantitative estimate of drug-likeness (QED) is 0.638. The van der Waals surface area contributed by atoms with Gasteiger partial charge in [0.2, 0.25) is 0 Å². The summed E-state index contributed by atoms with van der Waals surface area (Å²) < 4.78 is 0. The number of aromatic hydroxyl groups is 1. The highest BCUT2D eigenvalue weighted by Gasteiger charge is 2.28.